The van der Waals surface area contributed by atoms with Crippen molar-refractivity contribution in [1.82, 2.24) is 35.1 Å². The quantitative estimate of drug-likeness (QED) is 0.309. The minimum absolute atomic E-state index is 0.133. The minimum atomic E-state index is -0.512. The average Bonchev–Trinajstić information content (AvgIpc) is 3.55. The number of amides is 1. The Morgan fingerprint density at radius 3 is 2.79 bits per heavy atom. The number of hydrogen-bond donors (Lipinski definition) is 3. The molecule has 1 amide bonds. The number of benzene rings is 2. The Morgan fingerprint density at radius 1 is 1.16 bits per heavy atom. The summed E-state index contributed by atoms with van der Waals surface area (Å²) in [5.41, 5.74) is 11.8. The molecule has 0 fully saturated rings. The lowest BCUT2D eigenvalue weighted by Gasteiger charge is -2.10. The molecular formula is C27H21FN8O2. The van der Waals surface area contributed by atoms with Gasteiger partial charge in [0.25, 0.3) is 5.91 Å². The topological polar surface area (TPSA) is 136 Å². The maximum absolute atomic E-state index is 13.6. The highest BCUT2D eigenvalue weighted by Gasteiger charge is 2.18. The number of nitrogens with one attached hydrogen (secondary N) is 2. The summed E-state index contributed by atoms with van der Waals surface area (Å²) in [5, 5.41) is 15.3. The first-order valence-electron chi connectivity index (χ1n) is 11.6. The van der Waals surface area contributed by atoms with Gasteiger partial charge in [0.1, 0.15) is 11.6 Å². The third-order valence-corrected chi connectivity index (χ3v) is 6.25. The van der Waals surface area contributed by atoms with Crippen molar-refractivity contribution >= 4 is 28.1 Å². The molecular weight excluding hydrogens is 487 g/mol. The van der Waals surface area contributed by atoms with Crippen LogP contribution in [0.2, 0.25) is 0 Å². The van der Waals surface area contributed by atoms with Crippen LogP contribution >= 0.6 is 0 Å². The highest BCUT2D eigenvalue weighted by Crippen LogP contribution is 2.35. The van der Waals surface area contributed by atoms with Gasteiger partial charge in [-0.3, -0.25) is 19.9 Å². The second-order valence-electron chi connectivity index (χ2n) is 8.58. The number of anilines is 1. The van der Waals surface area contributed by atoms with Gasteiger partial charge in [0.2, 0.25) is 0 Å². The van der Waals surface area contributed by atoms with E-state index in [1.165, 1.54) is 19.2 Å². The first kappa shape index (κ1) is 23.1. The number of halogens is 1. The number of nitrogens with zero attached hydrogens (tertiary/aromatic N) is 5. The Kier molecular flexibility index (Phi) is 5.64. The predicted octanol–water partition coefficient (Wildman–Crippen LogP) is 3.99. The van der Waals surface area contributed by atoms with E-state index < -0.39 is 11.7 Å². The average molecular weight is 509 g/mol. The Morgan fingerprint density at radius 2 is 2.00 bits per heavy atom. The molecule has 6 rings (SSSR count). The second kappa shape index (κ2) is 9.28. The smallest absolute Gasteiger partial charge is 0.255 e. The van der Waals surface area contributed by atoms with E-state index in [0.717, 1.165) is 33.8 Å². The van der Waals surface area contributed by atoms with Gasteiger partial charge in [-0.05, 0) is 29.8 Å². The van der Waals surface area contributed by atoms with Crippen molar-refractivity contribution in [2.45, 2.75) is 6.54 Å². The molecule has 0 aliphatic carbocycles. The largest absolute Gasteiger partial charge is 0.496 e. The summed E-state index contributed by atoms with van der Waals surface area (Å²) in [6.45, 7) is 0.247. The van der Waals surface area contributed by atoms with E-state index in [9.17, 15) is 9.18 Å². The molecule has 11 heteroatoms. The number of nitrogens with two attached hydrogens (primary N) is 1. The van der Waals surface area contributed by atoms with E-state index in [1.54, 1.807) is 29.3 Å². The summed E-state index contributed by atoms with van der Waals surface area (Å²) in [5.74, 6) is -0.314. The zero-order valence-corrected chi connectivity index (χ0v) is 20.1. The van der Waals surface area contributed by atoms with Crippen LogP contribution in [0.25, 0.3) is 38.9 Å². The summed E-state index contributed by atoms with van der Waals surface area (Å²) < 4.78 is 20.5. The fraction of sp³-hybridized carbons (Fsp3) is 0.0741. The molecule has 0 radical (unpaired) electrons. The molecule has 0 aliphatic rings. The van der Waals surface area contributed by atoms with Crippen LogP contribution in [0.15, 0.2) is 73.3 Å². The number of fused-ring (bicyclic) bond motifs is 2. The number of nitrogen functional groups attached to an aromatic ring is 1. The molecule has 6 aromatic rings. The highest BCUT2D eigenvalue weighted by atomic mass is 19.1. The van der Waals surface area contributed by atoms with Crippen molar-refractivity contribution in [1.29, 1.82) is 0 Å². The zero-order chi connectivity index (χ0) is 26.2. The maximum atomic E-state index is 13.6. The summed E-state index contributed by atoms with van der Waals surface area (Å²) in [4.78, 5) is 21.4. The molecule has 2 aromatic carbocycles. The number of H-pyrrole nitrogens is 1. The van der Waals surface area contributed by atoms with E-state index in [1.807, 2.05) is 30.3 Å². The van der Waals surface area contributed by atoms with E-state index in [-0.39, 0.29) is 12.1 Å². The van der Waals surface area contributed by atoms with E-state index in [4.69, 9.17) is 15.5 Å². The first-order valence-corrected chi connectivity index (χ1v) is 11.6. The third kappa shape index (κ3) is 4.05. The van der Waals surface area contributed by atoms with Gasteiger partial charge >= 0.3 is 0 Å². The third-order valence-electron chi connectivity index (χ3n) is 6.25. The molecule has 0 unspecified atom stereocenters. The predicted molar refractivity (Wildman–Crippen MR) is 140 cm³/mol. The summed E-state index contributed by atoms with van der Waals surface area (Å²) in [7, 11) is 1.43. The van der Waals surface area contributed by atoms with E-state index in [0.29, 0.717) is 28.3 Å². The number of hydrogen-bond acceptors (Lipinski definition) is 7. The first-order chi connectivity index (χ1) is 18.5. The lowest BCUT2D eigenvalue weighted by Crippen LogP contribution is -2.23. The molecule has 188 valence electrons. The van der Waals surface area contributed by atoms with Gasteiger partial charge in [-0.15, -0.1) is 0 Å². The molecule has 4 N–H and O–H groups in total. The molecule has 4 heterocycles. The number of methoxy groups -OCH3 is 1. The van der Waals surface area contributed by atoms with Crippen LogP contribution < -0.4 is 15.8 Å². The second-order valence-corrected chi connectivity index (χ2v) is 8.58. The van der Waals surface area contributed by atoms with Gasteiger partial charge in [-0.2, -0.15) is 10.2 Å². The number of aromatic amines is 1. The summed E-state index contributed by atoms with van der Waals surface area (Å²) in [6, 6.07) is 13.3. The molecule has 0 atom stereocenters. The lowest BCUT2D eigenvalue weighted by molar-refractivity contribution is 0.0947. The molecule has 0 aliphatic heterocycles. The Hall–Kier alpha value is -5.32. The van der Waals surface area contributed by atoms with Crippen molar-refractivity contribution < 1.29 is 13.9 Å². The molecule has 0 saturated carbocycles. The number of pyridine rings is 1. The molecule has 0 bridgehead atoms. The van der Waals surface area contributed by atoms with E-state index in [2.05, 4.69) is 25.6 Å². The molecule has 0 saturated heterocycles. The Balaban J connectivity index is 1.27. The van der Waals surface area contributed by atoms with Gasteiger partial charge in [-0.1, -0.05) is 24.3 Å². The Bertz CT molecular complexity index is 1780. The molecule has 38 heavy (non-hydrogen) atoms. The zero-order valence-electron chi connectivity index (χ0n) is 20.1. The lowest BCUT2D eigenvalue weighted by atomic mass is 10.0. The van der Waals surface area contributed by atoms with Crippen LogP contribution in [0, 0.1) is 5.82 Å². The van der Waals surface area contributed by atoms with Crippen LogP contribution in [0.4, 0.5) is 10.2 Å². The van der Waals surface area contributed by atoms with Gasteiger partial charge in [0, 0.05) is 36.3 Å². The summed E-state index contributed by atoms with van der Waals surface area (Å²) in [6.07, 6.45) is 6.92. The van der Waals surface area contributed by atoms with Gasteiger partial charge in [-0.25, -0.2) is 8.91 Å². The van der Waals surface area contributed by atoms with Crippen LogP contribution in [0.3, 0.4) is 0 Å². The van der Waals surface area contributed by atoms with Crippen LogP contribution in [-0.2, 0) is 6.54 Å². The van der Waals surface area contributed by atoms with Crippen LogP contribution in [-0.4, -0.2) is 42.8 Å². The number of aromatic nitrogens is 6. The van der Waals surface area contributed by atoms with Crippen molar-refractivity contribution in [3.8, 4) is 28.3 Å². The van der Waals surface area contributed by atoms with E-state index >= 15 is 0 Å². The highest BCUT2D eigenvalue weighted by molar-refractivity contribution is 6.06. The van der Waals surface area contributed by atoms with Crippen LogP contribution in [0.5, 0.6) is 5.75 Å². The minimum Gasteiger partial charge on any atom is -0.496 e. The SMILES string of the molecule is COc1ccc(F)cc1C(=O)NCc1ccc(-c2ncc(-c3cc4cnccn4n3)c3[nH]nc(N)c23)cc1. The summed E-state index contributed by atoms with van der Waals surface area (Å²) >= 11 is 0. The molecule has 10 nitrogen and oxygen atoms in total. The van der Waals surface area contributed by atoms with Gasteiger partial charge < -0.3 is 15.8 Å². The molecule has 4 aromatic heterocycles. The normalized spacial score (nSPS) is 11.2. The monoisotopic (exact) mass is 508 g/mol. The van der Waals surface area contributed by atoms with Crippen molar-refractivity contribution in [2.75, 3.05) is 12.8 Å². The molecule has 0 spiro atoms. The van der Waals surface area contributed by atoms with Crippen molar-refractivity contribution in [3.63, 3.8) is 0 Å². The van der Waals surface area contributed by atoms with Crippen molar-refractivity contribution in [3.05, 3.63) is 90.3 Å². The van der Waals surface area contributed by atoms with Crippen LogP contribution in [0.1, 0.15) is 15.9 Å². The number of ether oxygens (including phenoxy) is 1. The Labute approximate surface area is 215 Å². The van der Waals surface area contributed by atoms with Gasteiger partial charge in [0.05, 0.1) is 46.7 Å². The number of carbonyl (C=O) groups excluding carboxylic acids is 1. The van der Waals surface area contributed by atoms with Crippen molar-refractivity contribution in [2.24, 2.45) is 0 Å². The maximum Gasteiger partial charge on any atom is 0.255 e. The standard InChI is InChI=1S/C27H21FN8O2/c1-38-22-7-6-17(28)10-19(22)27(37)32-12-15-2-4-16(5-3-15)24-23-25(33-34-26(23)29)20(14-31-24)21-11-18-13-30-8-9-36(18)35-21/h2-11,13-14H,12H2,1H3,(H,32,37)(H3,29,33,34). The fourth-order valence-electron chi connectivity index (χ4n) is 4.35. The number of rotatable bonds is 6. The fourth-order valence-corrected chi connectivity index (χ4v) is 4.35. The number of carbonyl (C=O) groups is 1. The van der Waals surface area contributed by atoms with Gasteiger partial charge in [0.15, 0.2) is 5.82 Å².